The fourth-order valence-electron chi connectivity index (χ4n) is 1.31. The van der Waals surface area contributed by atoms with Crippen molar-refractivity contribution in [1.29, 1.82) is 0 Å². The summed E-state index contributed by atoms with van der Waals surface area (Å²) in [6.07, 6.45) is 1.27. The highest BCUT2D eigenvalue weighted by molar-refractivity contribution is 5.85. The number of hydrogen-bond donors (Lipinski definition) is 3. The van der Waals surface area contributed by atoms with E-state index in [1.165, 1.54) is 13.3 Å². The summed E-state index contributed by atoms with van der Waals surface area (Å²) < 4.78 is 5.10. The highest BCUT2D eigenvalue weighted by atomic mass is 16.5. The van der Waals surface area contributed by atoms with Gasteiger partial charge in [-0.1, -0.05) is 6.07 Å². The van der Waals surface area contributed by atoms with Crippen molar-refractivity contribution in [3.63, 3.8) is 0 Å². The zero-order valence-corrected chi connectivity index (χ0v) is 9.71. The van der Waals surface area contributed by atoms with Crippen molar-refractivity contribution in [2.45, 2.75) is 6.42 Å². The summed E-state index contributed by atoms with van der Waals surface area (Å²) in [5.74, 6) is -0.461. The quantitative estimate of drug-likeness (QED) is 0.516. The van der Waals surface area contributed by atoms with Crippen molar-refractivity contribution in [2.24, 2.45) is 10.8 Å². The Bertz CT molecular complexity index is 485. The largest absolute Gasteiger partial charge is 0.496 e. The molecule has 0 heterocycles. The third-order valence-electron chi connectivity index (χ3n) is 2.03. The third kappa shape index (κ3) is 4.12. The SMILES string of the molecule is COc1cc(CC(=O)O)ccc1C=NNC(N)=O. The van der Waals surface area contributed by atoms with Crippen LogP contribution in [0.3, 0.4) is 0 Å². The zero-order chi connectivity index (χ0) is 13.5. The number of benzene rings is 1. The van der Waals surface area contributed by atoms with Crippen molar-refractivity contribution < 1.29 is 19.4 Å². The number of carboxylic acid groups (broad SMARTS) is 1. The van der Waals surface area contributed by atoms with Gasteiger partial charge in [-0.15, -0.1) is 0 Å². The molecule has 0 aliphatic heterocycles. The van der Waals surface area contributed by atoms with Gasteiger partial charge in [-0.2, -0.15) is 5.10 Å². The molecule has 2 amide bonds. The van der Waals surface area contributed by atoms with Gasteiger partial charge in [0.15, 0.2) is 0 Å². The molecule has 7 heteroatoms. The van der Waals surface area contributed by atoms with Crippen LogP contribution in [0.4, 0.5) is 4.79 Å². The first-order chi connectivity index (χ1) is 8.52. The maximum Gasteiger partial charge on any atom is 0.332 e. The molecule has 0 bridgehead atoms. The molecule has 0 atom stereocenters. The number of carboxylic acids is 1. The Labute approximate surface area is 103 Å². The van der Waals surface area contributed by atoms with Crippen LogP contribution < -0.4 is 15.9 Å². The lowest BCUT2D eigenvalue weighted by molar-refractivity contribution is -0.136. The Morgan fingerprint density at radius 1 is 1.56 bits per heavy atom. The number of methoxy groups -OCH3 is 1. The van der Waals surface area contributed by atoms with E-state index in [-0.39, 0.29) is 6.42 Å². The monoisotopic (exact) mass is 251 g/mol. The number of nitrogens with two attached hydrogens (primary N) is 1. The van der Waals surface area contributed by atoms with Gasteiger partial charge in [-0.3, -0.25) is 4.79 Å². The molecule has 1 aromatic carbocycles. The first kappa shape index (κ1) is 13.5. The Balaban J connectivity index is 2.89. The summed E-state index contributed by atoms with van der Waals surface area (Å²) in [4.78, 5) is 21.0. The smallest absolute Gasteiger partial charge is 0.332 e. The summed E-state index contributed by atoms with van der Waals surface area (Å²) in [5, 5.41) is 12.3. The average Bonchev–Trinajstić information content (AvgIpc) is 2.29. The lowest BCUT2D eigenvalue weighted by Gasteiger charge is -2.06. The second-order valence-corrected chi connectivity index (χ2v) is 3.38. The number of primary amides is 1. The van der Waals surface area contributed by atoms with Crippen LogP contribution in [-0.4, -0.2) is 30.4 Å². The highest BCUT2D eigenvalue weighted by Crippen LogP contribution is 2.18. The number of aliphatic carboxylic acids is 1. The average molecular weight is 251 g/mol. The van der Waals surface area contributed by atoms with E-state index >= 15 is 0 Å². The number of nitrogens with zero attached hydrogens (tertiary/aromatic N) is 1. The van der Waals surface area contributed by atoms with E-state index in [1.807, 2.05) is 0 Å². The van der Waals surface area contributed by atoms with E-state index < -0.39 is 12.0 Å². The molecule has 0 aromatic heterocycles. The third-order valence-corrected chi connectivity index (χ3v) is 2.03. The van der Waals surface area contributed by atoms with E-state index in [4.69, 9.17) is 15.6 Å². The van der Waals surface area contributed by atoms with Gasteiger partial charge in [0.25, 0.3) is 0 Å². The Morgan fingerprint density at radius 3 is 2.83 bits per heavy atom. The molecule has 0 spiro atoms. The van der Waals surface area contributed by atoms with Gasteiger partial charge < -0.3 is 15.6 Å². The zero-order valence-electron chi connectivity index (χ0n) is 9.71. The van der Waals surface area contributed by atoms with Gasteiger partial charge in [0.1, 0.15) is 5.75 Å². The minimum absolute atomic E-state index is 0.0900. The van der Waals surface area contributed by atoms with Crippen molar-refractivity contribution in [2.75, 3.05) is 7.11 Å². The van der Waals surface area contributed by atoms with Crippen LogP contribution in [0.25, 0.3) is 0 Å². The fraction of sp³-hybridized carbons (Fsp3) is 0.182. The van der Waals surface area contributed by atoms with Gasteiger partial charge >= 0.3 is 12.0 Å². The van der Waals surface area contributed by atoms with E-state index in [2.05, 4.69) is 10.5 Å². The minimum Gasteiger partial charge on any atom is -0.496 e. The van der Waals surface area contributed by atoms with Gasteiger partial charge in [0.2, 0.25) is 0 Å². The first-order valence-corrected chi connectivity index (χ1v) is 5.00. The molecule has 96 valence electrons. The van der Waals surface area contributed by atoms with Crippen LogP contribution in [0.1, 0.15) is 11.1 Å². The number of nitrogens with one attached hydrogen (secondary N) is 1. The predicted molar refractivity (Wildman–Crippen MR) is 64.6 cm³/mol. The summed E-state index contributed by atoms with van der Waals surface area (Å²) in [7, 11) is 1.46. The van der Waals surface area contributed by atoms with E-state index in [1.54, 1.807) is 18.2 Å². The van der Waals surface area contributed by atoms with Crippen molar-refractivity contribution >= 4 is 18.2 Å². The van der Waals surface area contributed by atoms with Gasteiger partial charge in [0.05, 0.1) is 19.7 Å². The molecule has 0 aliphatic rings. The molecule has 0 unspecified atom stereocenters. The van der Waals surface area contributed by atoms with E-state index in [9.17, 15) is 9.59 Å². The van der Waals surface area contributed by atoms with Gasteiger partial charge in [0, 0.05) is 5.56 Å². The molecule has 4 N–H and O–H groups in total. The lowest BCUT2D eigenvalue weighted by Crippen LogP contribution is -2.24. The van der Waals surface area contributed by atoms with Crippen LogP contribution >= 0.6 is 0 Å². The second kappa shape index (κ2) is 6.24. The maximum absolute atomic E-state index is 10.6. The molecule has 0 saturated heterocycles. The van der Waals surface area contributed by atoms with Crippen LogP contribution in [0.5, 0.6) is 5.75 Å². The second-order valence-electron chi connectivity index (χ2n) is 3.38. The number of carbonyl (C=O) groups is 2. The van der Waals surface area contributed by atoms with Crippen molar-refractivity contribution in [3.05, 3.63) is 29.3 Å². The lowest BCUT2D eigenvalue weighted by atomic mass is 10.1. The maximum atomic E-state index is 10.6. The standard InChI is InChI=1S/C11H13N3O4/c1-18-9-4-7(5-10(15)16)2-3-8(9)6-13-14-11(12)17/h2-4,6H,5H2,1H3,(H,15,16)(H3,12,14,17). The summed E-state index contributed by atoms with van der Waals surface area (Å²) >= 11 is 0. The number of hydrogen-bond acceptors (Lipinski definition) is 4. The summed E-state index contributed by atoms with van der Waals surface area (Å²) in [6.45, 7) is 0. The van der Waals surface area contributed by atoms with E-state index in [0.717, 1.165) is 0 Å². The minimum atomic E-state index is -0.922. The van der Waals surface area contributed by atoms with Gasteiger partial charge in [-0.05, 0) is 17.7 Å². The number of carbonyl (C=O) groups excluding carboxylic acids is 1. The van der Waals surface area contributed by atoms with Crippen LogP contribution in [0, 0.1) is 0 Å². The Morgan fingerprint density at radius 2 is 2.28 bits per heavy atom. The van der Waals surface area contributed by atoms with Gasteiger partial charge in [-0.25, -0.2) is 10.2 Å². The Kier molecular flexibility index (Phi) is 4.67. The molecular weight excluding hydrogens is 238 g/mol. The van der Waals surface area contributed by atoms with Crippen molar-refractivity contribution in [3.8, 4) is 5.75 Å². The highest BCUT2D eigenvalue weighted by Gasteiger charge is 2.05. The number of urea groups is 1. The fourth-order valence-corrected chi connectivity index (χ4v) is 1.31. The number of hydrazone groups is 1. The molecule has 0 saturated carbocycles. The molecular formula is C11H13N3O4. The first-order valence-electron chi connectivity index (χ1n) is 5.00. The van der Waals surface area contributed by atoms with E-state index in [0.29, 0.717) is 16.9 Å². The molecule has 7 nitrogen and oxygen atoms in total. The Hall–Kier alpha value is -2.57. The summed E-state index contributed by atoms with van der Waals surface area (Å²) in [6, 6.07) is 4.11. The van der Waals surface area contributed by atoms with Crippen LogP contribution in [0.15, 0.2) is 23.3 Å². The van der Waals surface area contributed by atoms with Crippen molar-refractivity contribution in [1.82, 2.24) is 5.43 Å². The number of amides is 2. The number of rotatable bonds is 5. The normalized spacial score (nSPS) is 10.3. The predicted octanol–water partition coefficient (Wildman–Crippen LogP) is 0.325. The van der Waals surface area contributed by atoms with Crippen LogP contribution in [0.2, 0.25) is 0 Å². The molecule has 0 fully saturated rings. The molecule has 0 radical (unpaired) electrons. The van der Waals surface area contributed by atoms with Crippen LogP contribution in [-0.2, 0) is 11.2 Å². The topological polar surface area (TPSA) is 114 Å². The molecule has 18 heavy (non-hydrogen) atoms. The molecule has 1 aromatic rings. The summed E-state index contributed by atoms with van der Waals surface area (Å²) in [5.41, 5.74) is 8.10. The number of ether oxygens (including phenoxy) is 1. The molecule has 0 aliphatic carbocycles. The molecule has 1 rings (SSSR count).